The fourth-order valence-corrected chi connectivity index (χ4v) is 2.60. The van der Waals surface area contributed by atoms with E-state index >= 15 is 0 Å². The Morgan fingerprint density at radius 1 is 1.59 bits per heavy atom. The molecule has 1 N–H and O–H groups in total. The second-order valence-corrected chi connectivity index (χ2v) is 4.85. The molecular weight excluding hydrogens is 240 g/mol. The summed E-state index contributed by atoms with van der Waals surface area (Å²) in [6, 6.07) is -0.700. The SMILES string of the molecule is CN1CCSC1=N[C@@H]1C=C(C(=O)O)C=CC1=O. The molecule has 0 aromatic rings. The predicted molar refractivity (Wildman–Crippen MR) is 66.2 cm³/mol. The second-order valence-electron chi connectivity index (χ2n) is 3.79. The van der Waals surface area contributed by atoms with E-state index in [2.05, 4.69) is 4.99 Å². The number of thioether (sulfide) groups is 1. The van der Waals surface area contributed by atoms with Gasteiger partial charge < -0.3 is 10.0 Å². The average molecular weight is 252 g/mol. The fraction of sp³-hybridized carbons (Fsp3) is 0.364. The number of rotatable bonds is 2. The molecule has 1 heterocycles. The van der Waals surface area contributed by atoms with Crippen molar-refractivity contribution in [1.29, 1.82) is 0 Å². The van der Waals surface area contributed by atoms with Crippen LogP contribution < -0.4 is 0 Å². The van der Waals surface area contributed by atoms with Gasteiger partial charge in [0, 0.05) is 19.3 Å². The maximum Gasteiger partial charge on any atom is 0.335 e. The van der Waals surface area contributed by atoms with Crippen molar-refractivity contribution in [2.45, 2.75) is 6.04 Å². The van der Waals surface area contributed by atoms with Crippen LogP contribution in [0.25, 0.3) is 0 Å². The molecule has 0 aromatic carbocycles. The summed E-state index contributed by atoms with van der Waals surface area (Å²) >= 11 is 1.58. The number of carbonyl (C=O) groups is 2. The first-order valence-electron chi connectivity index (χ1n) is 5.16. The van der Waals surface area contributed by atoms with Crippen LogP contribution in [0.15, 0.2) is 28.8 Å². The zero-order chi connectivity index (χ0) is 12.4. The highest BCUT2D eigenvalue weighted by atomic mass is 32.2. The Morgan fingerprint density at radius 2 is 2.35 bits per heavy atom. The van der Waals surface area contributed by atoms with E-state index in [0.717, 1.165) is 17.5 Å². The number of aliphatic imine (C=N–C) groups is 1. The summed E-state index contributed by atoms with van der Waals surface area (Å²) in [5, 5.41) is 9.65. The molecule has 1 fully saturated rings. The van der Waals surface area contributed by atoms with Crippen LogP contribution in [0.5, 0.6) is 0 Å². The number of carbonyl (C=O) groups excluding carboxylic acids is 1. The predicted octanol–water partition coefficient (Wildman–Crippen LogP) is 0.540. The van der Waals surface area contributed by atoms with Crippen LogP contribution in [-0.4, -0.2) is 52.3 Å². The van der Waals surface area contributed by atoms with Crippen molar-refractivity contribution in [2.24, 2.45) is 4.99 Å². The van der Waals surface area contributed by atoms with Gasteiger partial charge >= 0.3 is 5.97 Å². The molecule has 6 heteroatoms. The summed E-state index contributed by atoms with van der Waals surface area (Å²) < 4.78 is 0. The largest absolute Gasteiger partial charge is 0.478 e. The highest BCUT2D eigenvalue weighted by Crippen LogP contribution is 2.19. The summed E-state index contributed by atoms with van der Waals surface area (Å²) in [5.74, 6) is -0.267. The van der Waals surface area contributed by atoms with Crippen LogP contribution in [0, 0.1) is 0 Å². The topological polar surface area (TPSA) is 70.0 Å². The Labute approximate surface area is 103 Å². The van der Waals surface area contributed by atoms with Crippen LogP contribution in [0.3, 0.4) is 0 Å². The minimum atomic E-state index is -1.04. The minimum absolute atomic E-state index is 0.115. The normalized spacial score (nSPS) is 26.5. The van der Waals surface area contributed by atoms with Gasteiger partial charge in [-0.05, 0) is 18.2 Å². The number of carboxylic acids is 1. The highest BCUT2D eigenvalue weighted by Gasteiger charge is 2.23. The fourth-order valence-electron chi connectivity index (χ4n) is 1.56. The van der Waals surface area contributed by atoms with Gasteiger partial charge in [-0.2, -0.15) is 0 Å². The van der Waals surface area contributed by atoms with E-state index in [1.807, 2.05) is 11.9 Å². The first-order chi connectivity index (χ1) is 8.08. The summed E-state index contributed by atoms with van der Waals surface area (Å²) in [6.07, 6.45) is 3.98. The molecular formula is C11H12N2O3S. The number of hydrogen-bond acceptors (Lipinski definition) is 4. The molecule has 0 aromatic heterocycles. The van der Waals surface area contributed by atoms with E-state index in [4.69, 9.17) is 5.11 Å². The lowest BCUT2D eigenvalue weighted by Gasteiger charge is -2.14. The Bertz CT molecular complexity index is 454. The van der Waals surface area contributed by atoms with Gasteiger partial charge in [-0.25, -0.2) is 9.79 Å². The Morgan fingerprint density at radius 3 is 2.94 bits per heavy atom. The third kappa shape index (κ3) is 2.58. The van der Waals surface area contributed by atoms with Crippen molar-refractivity contribution in [3.05, 3.63) is 23.8 Å². The van der Waals surface area contributed by atoms with Crippen molar-refractivity contribution >= 4 is 28.7 Å². The summed E-state index contributed by atoms with van der Waals surface area (Å²) in [7, 11) is 1.91. The van der Waals surface area contributed by atoms with Gasteiger partial charge in [-0.3, -0.25) is 4.79 Å². The zero-order valence-electron chi connectivity index (χ0n) is 9.29. The number of amidine groups is 1. The lowest BCUT2D eigenvalue weighted by molar-refractivity contribution is -0.132. The van der Waals surface area contributed by atoms with E-state index in [-0.39, 0.29) is 11.4 Å². The van der Waals surface area contributed by atoms with Gasteiger partial charge in [0.25, 0.3) is 0 Å². The van der Waals surface area contributed by atoms with Crippen molar-refractivity contribution in [3.63, 3.8) is 0 Å². The maximum atomic E-state index is 11.6. The molecule has 1 aliphatic heterocycles. The van der Waals surface area contributed by atoms with Crippen LogP contribution in [0.4, 0.5) is 0 Å². The number of ketones is 1. The van der Waals surface area contributed by atoms with Crippen molar-refractivity contribution < 1.29 is 14.7 Å². The molecule has 2 rings (SSSR count). The van der Waals surface area contributed by atoms with E-state index in [0.29, 0.717) is 0 Å². The smallest absolute Gasteiger partial charge is 0.335 e. The molecule has 0 saturated carbocycles. The molecule has 5 nitrogen and oxygen atoms in total. The number of hydrogen-bond donors (Lipinski definition) is 1. The van der Waals surface area contributed by atoms with E-state index in [1.54, 1.807) is 11.8 Å². The third-order valence-corrected chi connectivity index (χ3v) is 3.60. The highest BCUT2D eigenvalue weighted by molar-refractivity contribution is 8.14. The van der Waals surface area contributed by atoms with Gasteiger partial charge in [0.2, 0.25) is 0 Å². The first-order valence-corrected chi connectivity index (χ1v) is 6.15. The monoisotopic (exact) mass is 252 g/mol. The first kappa shape index (κ1) is 11.9. The molecule has 0 bridgehead atoms. The van der Waals surface area contributed by atoms with E-state index in [1.165, 1.54) is 18.2 Å². The quantitative estimate of drug-likeness (QED) is 0.776. The number of aliphatic carboxylic acids is 1. The second kappa shape index (κ2) is 4.75. The van der Waals surface area contributed by atoms with Crippen molar-refractivity contribution in [1.82, 2.24) is 4.90 Å². The molecule has 1 atom stereocenters. The lowest BCUT2D eigenvalue weighted by atomic mass is 10.0. The zero-order valence-corrected chi connectivity index (χ0v) is 10.1. The molecule has 1 saturated heterocycles. The molecule has 1 aliphatic carbocycles. The van der Waals surface area contributed by atoms with Gasteiger partial charge in [-0.15, -0.1) is 0 Å². The van der Waals surface area contributed by atoms with Crippen molar-refractivity contribution in [3.8, 4) is 0 Å². The van der Waals surface area contributed by atoms with Gasteiger partial charge in [0.15, 0.2) is 11.0 Å². The Balaban J connectivity index is 2.23. The van der Waals surface area contributed by atoms with E-state index in [9.17, 15) is 9.59 Å². The minimum Gasteiger partial charge on any atom is -0.478 e. The van der Waals surface area contributed by atoms with Crippen LogP contribution in [0.2, 0.25) is 0 Å². The van der Waals surface area contributed by atoms with Gasteiger partial charge in [0.05, 0.1) is 5.57 Å². The average Bonchev–Trinajstić information content (AvgIpc) is 2.67. The third-order valence-electron chi connectivity index (χ3n) is 2.54. The molecule has 0 unspecified atom stereocenters. The molecule has 0 spiro atoms. The van der Waals surface area contributed by atoms with Gasteiger partial charge in [-0.1, -0.05) is 11.8 Å². The Kier molecular flexibility index (Phi) is 3.33. The van der Waals surface area contributed by atoms with Crippen molar-refractivity contribution in [2.75, 3.05) is 19.3 Å². The molecule has 17 heavy (non-hydrogen) atoms. The van der Waals surface area contributed by atoms with E-state index < -0.39 is 12.0 Å². The maximum absolute atomic E-state index is 11.6. The molecule has 0 amide bonds. The van der Waals surface area contributed by atoms with Crippen LogP contribution >= 0.6 is 11.8 Å². The standard InChI is InChI=1S/C11H12N2O3S/c1-13-4-5-17-11(13)12-8-6-7(10(15)16)2-3-9(8)14/h2-3,6,8H,4-5H2,1H3,(H,15,16)/t8-/m1/s1. The molecule has 2 aliphatic rings. The number of nitrogens with zero attached hydrogens (tertiary/aromatic N) is 2. The summed E-state index contributed by atoms with van der Waals surface area (Å²) in [6.45, 7) is 0.899. The number of carboxylic acid groups (broad SMARTS) is 1. The Hall–Kier alpha value is -1.56. The summed E-state index contributed by atoms with van der Waals surface area (Å²) in [4.78, 5) is 28.7. The van der Waals surface area contributed by atoms with Crippen LogP contribution in [0.1, 0.15) is 0 Å². The van der Waals surface area contributed by atoms with Crippen LogP contribution in [-0.2, 0) is 9.59 Å². The summed E-state index contributed by atoms with van der Waals surface area (Å²) in [5.41, 5.74) is 0.115. The molecule has 0 radical (unpaired) electrons. The molecule has 90 valence electrons. The lowest BCUT2D eigenvalue weighted by Crippen LogP contribution is -2.25. The van der Waals surface area contributed by atoms with Gasteiger partial charge in [0.1, 0.15) is 6.04 Å².